The minimum atomic E-state index is -3.10. The number of sulfone groups is 1. The van der Waals surface area contributed by atoms with E-state index in [1.54, 1.807) is 24.5 Å². The van der Waals surface area contributed by atoms with Gasteiger partial charge in [0.05, 0.1) is 28.5 Å². The molecule has 3 atom stereocenters. The van der Waals surface area contributed by atoms with Gasteiger partial charge in [-0.05, 0) is 63.3 Å². The lowest BCUT2D eigenvalue weighted by Gasteiger charge is -2.27. The molecule has 0 saturated heterocycles. The summed E-state index contributed by atoms with van der Waals surface area (Å²) in [5.41, 5.74) is 7.70. The van der Waals surface area contributed by atoms with Crippen molar-refractivity contribution in [1.82, 2.24) is 15.0 Å². The lowest BCUT2D eigenvalue weighted by atomic mass is 9.93. The molecule has 4 rings (SSSR count). The van der Waals surface area contributed by atoms with Crippen LogP contribution >= 0.6 is 0 Å². The maximum Gasteiger partial charge on any atom is 0.340 e. The second-order valence-corrected chi connectivity index (χ2v) is 12.6. The van der Waals surface area contributed by atoms with Gasteiger partial charge in [0.15, 0.2) is 0 Å². The standard InChI is InChI=1S/C26H33N5O5S/c1-14(9-10-37(6,33)34)35-24-19-12-28-22(11-18(19)20(13-29-24)26(4,5)27)30-21-8-7-17-23(31-21)15(2)16(3)36-25(17)32/h7-8,11-16H,9-10,27H2,1-6H3,(H,28,30,31)/t14-,15-,16-/m0/s1. The summed E-state index contributed by atoms with van der Waals surface area (Å²) in [6.07, 6.45) is 4.25. The van der Waals surface area contributed by atoms with E-state index in [0.29, 0.717) is 40.6 Å². The highest BCUT2D eigenvalue weighted by Gasteiger charge is 2.31. The molecule has 0 amide bonds. The number of hydrogen-bond acceptors (Lipinski definition) is 10. The number of pyridine rings is 3. The molecule has 3 aromatic rings. The summed E-state index contributed by atoms with van der Waals surface area (Å²) in [6, 6.07) is 5.28. The number of rotatable bonds is 8. The van der Waals surface area contributed by atoms with Gasteiger partial charge in [0.2, 0.25) is 5.88 Å². The number of carbonyl (C=O) groups excluding carboxylic acids is 1. The van der Waals surface area contributed by atoms with E-state index in [0.717, 1.165) is 10.9 Å². The smallest absolute Gasteiger partial charge is 0.340 e. The van der Waals surface area contributed by atoms with Gasteiger partial charge in [-0.1, -0.05) is 6.92 Å². The van der Waals surface area contributed by atoms with Gasteiger partial charge in [-0.3, -0.25) is 0 Å². The topological polar surface area (TPSA) is 146 Å². The number of nitrogens with one attached hydrogen (secondary N) is 1. The van der Waals surface area contributed by atoms with E-state index >= 15 is 0 Å². The van der Waals surface area contributed by atoms with E-state index in [2.05, 4.69) is 20.3 Å². The number of aromatic nitrogens is 3. The SMILES string of the molecule is C[C@@H]1OC(=O)c2ccc(Nc3cc4c(C(C)(C)N)cnc(O[C@@H](C)CCS(C)(=O)=O)c4cn3)nc2[C@H]1C. The number of ether oxygens (including phenoxy) is 2. The molecule has 4 heterocycles. The Balaban J connectivity index is 1.68. The van der Waals surface area contributed by atoms with E-state index in [1.165, 1.54) is 6.26 Å². The largest absolute Gasteiger partial charge is 0.474 e. The first-order valence-electron chi connectivity index (χ1n) is 12.1. The minimum Gasteiger partial charge on any atom is -0.474 e. The van der Waals surface area contributed by atoms with E-state index in [-0.39, 0.29) is 29.8 Å². The van der Waals surface area contributed by atoms with Crippen molar-refractivity contribution in [1.29, 1.82) is 0 Å². The second kappa shape index (κ2) is 9.86. The Morgan fingerprint density at radius 1 is 1.16 bits per heavy atom. The summed E-state index contributed by atoms with van der Waals surface area (Å²) >= 11 is 0. The zero-order valence-corrected chi connectivity index (χ0v) is 22.7. The van der Waals surface area contributed by atoms with Crippen LogP contribution in [-0.4, -0.2) is 53.6 Å². The summed E-state index contributed by atoms with van der Waals surface area (Å²) in [5, 5.41) is 4.69. The summed E-state index contributed by atoms with van der Waals surface area (Å²) < 4.78 is 34.5. The average Bonchev–Trinajstić information content (AvgIpc) is 2.80. The van der Waals surface area contributed by atoms with Gasteiger partial charge in [-0.2, -0.15) is 0 Å². The average molecular weight is 528 g/mol. The number of fused-ring (bicyclic) bond motifs is 2. The van der Waals surface area contributed by atoms with Crippen LogP contribution in [0.25, 0.3) is 10.8 Å². The Morgan fingerprint density at radius 2 is 1.89 bits per heavy atom. The highest BCUT2D eigenvalue weighted by Crippen LogP contribution is 2.34. The molecule has 3 N–H and O–H groups in total. The third kappa shape index (κ3) is 5.99. The lowest BCUT2D eigenvalue weighted by Crippen LogP contribution is -2.29. The molecule has 10 nitrogen and oxygen atoms in total. The van der Waals surface area contributed by atoms with Crippen molar-refractivity contribution in [2.75, 3.05) is 17.3 Å². The van der Waals surface area contributed by atoms with Gasteiger partial charge in [0, 0.05) is 30.1 Å². The maximum atomic E-state index is 12.2. The highest BCUT2D eigenvalue weighted by molar-refractivity contribution is 7.90. The zero-order chi connectivity index (χ0) is 27.1. The van der Waals surface area contributed by atoms with Crippen LogP contribution in [0.3, 0.4) is 0 Å². The van der Waals surface area contributed by atoms with Crippen molar-refractivity contribution in [2.45, 2.75) is 64.7 Å². The van der Waals surface area contributed by atoms with Gasteiger partial charge in [0.25, 0.3) is 0 Å². The van der Waals surface area contributed by atoms with Crippen LogP contribution in [0.2, 0.25) is 0 Å². The van der Waals surface area contributed by atoms with Gasteiger partial charge in [0.1, 0.15) is 27.6 Å². The molecule has 0 unspecified atom stereocenters. The van der Waals surface area contributed by atoms with Gasteiger partial charge >= 0.3 is 5.97 Å². The quantitative estimate of drug-likeness (QED) is 0.414. The molecule has 0 saturated carbocycles. The monoisotopic (exact) mass is 527 g/mol. The van der Waals surface area contributed by atoms with E-state index < -0.39 is 15.4 Å². The first kappa shape index (κ1) is 26.7. The fourth-order valence-corrected chi connectivity index (χ4v) is 4.93. The van der Waals surface area contributed by atoms with Crippen LogP contribution in [0, 0.1) is 0 Å². The number of carbonyl (C=O) groups is 1. The first-order chi connectivity index (χ1) is 17.2. The van der Waals surface area contributed by atoms with Crippen molar-refractivity contribution in [3.05, 3.63) is 47.4 Å². The summed E-state index contributed by atoms with van der Waals surface area (Å²) in [4.78, 5) is 25.9. The van der Waals surface area contributed by atoms with Crippen LogP contribution in [0.15, 0.2) is 30.6 Å². The van der Waals surface area contributed by atoms with Gasteiger partial charge < -0.3 is 20.5 Å². The number of anilines is 2. The van der Waals surface area contributed by atoms with Gasteiger partial charge in [-0.15, -0.1) is 0 Å². The van der Waals surface area contributed by atoms with Crippen LogP contribution in [0.4, 0.5) is 11.6 Å². The van der Waals surface area contributed by atoms with Gasteiger partial charge in [-0.25, -0.2) is 28.2 Å². The Kier molecular flexibility index (Phi) is 7.13. The Bertz CT molecular complexity index is 1450. The molecule has 0 aliphatic carbocycles. The first-order valence-corrected chi connectivity index (χ1v) is 14.2. The summed E-state index contributed by atoms with van der Waals surface area (Å²) in [7, 11) is -3.10. The van der Waals surface area contributed by atoms with Crippen LogP contribution < -0.4 is 15.8 Å². The third-order valence-corrected chi connectivity index (χ3v) is 7.44. The Hall–Kier alpha value is -3.31. The molecule has 0 bridgehead atoms. The molecule has 0 radical (unpaired) electrons. The molecule has 1 aliphatic rings. The maximum absolute atomic E-state index is 12.2. The molecule has 0 spiro atoms. The number of nitrogens with two attached hydrogens (primary N) is 1. The fraction of sp³-hybridized carbons (Fsp3) is 0.462. The minimum absolute atomic E-state index is 0.0230. The predicted octanol–water partition coefficient (Wildman–Crippen LogP) is 3.83. The molecular formula is C26H33N5O5S. The molecule has 37 heavy (non-hydrogen) atoms. The van der Waals surface area contributed by atoms with Crippen LogP contribution in [0.1, 0.15) is 68.6 Å². The predicted molar refractivity (Wildman–Crippen MR) is 142 cm³/mol. The number of esters is 1. The van der Waals surface area contributed by atoms with Crippen molar-refractivity contribution in [3.63, 3.8) is 0 Å². The van der Waals surface area contributed by atoms with E-state index in [9.17, 15) is 13.2 Å². The molecular weight excluding hydrogens is 494 g/mol. The van der Waals surface area contributed by atoms with Crippen molar-refractivity contribution in [3.8, 4) is 5.88 Å². The Labute approximate surface area is 216 Å². The Morgan fingerprint density at radius 3 is 2.57 bits per heavy atom. The zero-order valence-electron chi connectivity index (χ0n) is 21.9. The summed E-state index contributed by atoms with van der Waals surface area (Å²) in [6.45, 7) is 9.41. The fourth-order valence-electron chi connectivity index (χ4n) is 4.17. The van der Waals surface area contributed by atoms with Crippen LogP contribution in [-0.2, 0) is 20.1 Å². The van der Waals surface area contributed by atoms with Crippen LogP contribution in [0.5, 0.6) is 5.88 Å². The number of cyclic esters (lactones) is 1. The number of nitrogens with zero attached hydrogens (tertiary/aromatic N) is 3. The third-order valence-electron chi connectivity index (χ3n) is 6.47. The lowest BCUT2D eigenvalue weighted by molar-refractivity contribution is 0.0235. The van der Waals surface area contributed by atoms with E-state index in [4.69, 9.17) is 15.2 Å². The second-order valence-electron chi connectivity index (χ2n) is 10.3. The van der Waals surface area contributed by atoms with Crippen molar-refractivity contribution < 1.29 is 22.7 Å². The number of hydrogen-bond donors (Lipinski definition) is 2. The van der Waals surface area contributed by atoms with Crippen molar-refractivity contribution in [2.24, 2.45) is 5.73 Å². The molecule has 1 aliphatic heterocycles. The molecule has 3 aromatic heterocycles. The molecule has 11 heteroatoms. The molecule has 198 valence electrons. The van der Waals surface area contributed by atoms with E-state index in [1.807, 2.05) is 40.7 Å². The highest BCUT2D eigenvalue weighted by atomic mass is 32.2. The molecule has 0 fully saturated rings. The van der Waals surface area contributed by atoms with Crippen molar-refractivity contribution >= 4 is 38.2 Å². The normalized spacial score (nSPS) is 18.7. The molecule has 0 aromatic carbocycles. The summed E-state index contributed by atoms with van der Waals surface area (Å²) in [5.74, 6) is 1.05.